The fourth-order valence-corrected chi connectivity index (χ4v) is 3.86. The number of halogens is 4. The van der Waals surface area contributed by atoms with Gasteiger partial charge in [0.05, 0.1) is 24.2 Å². The molecule has 0 atom stereocenters. The van der Waals surface area contributed by atoms with Crippen LogP contribution in [-0.2, 0) is 6.18 Å². The molecule has 1 amide bonds. The van der Waals surface area contributed by atoms with Crippen LogP contribution in [0.25, 0.3) is 0 Å². The number of piperazine rings is 1. The minimum atomic E-state index is -4.62. The van der Waals surface area contributed by atoms with E-state index in [9.17, 15) is 27.6 Å². The van der Waals surface area contributed by atoms with Gasteiger partial charge in [-0.05, 0) is 24.5 Å². The molecule has 12 heteroatoms. The first-order valence-corrected chi connectivity index (χ1v) is 11.1. The maximum atomic E-state index is 13.1. The van der Waals surface area contributed by atoms with E-state index in [-0.39, 0.29) is 26.2 Å². The number of nitrogens with one attached hydrogen (secondary N) is 1. The van der Waals surface area contributed by atoms with E-state index in [2.05, 4.69) is 39.9 Å². The lowest BCUT2D eigenvalue weighted by Gasteiger charge is -2.35. The van der Waals surface area contributed by atoms with Crippen LogP contribution in [0.5, 0.6) is 0 Å². The largest absolute Gasteiger partial charge is 0.417 e. The summed E-state index contributed by atoms with van der Waals surface area (Å²) in [6.45, 7) is 5.02. The number of hydrogen-bond donors (Lipinski definition) is 1. The van der Waals surface area contributed by atoms with E-state index in [0.29, 0.717) is 0 Å². The van der Waals surface area contributed by atoms with Gasteiger partial charge in [-0.25, -0.2) is 4.79 Å². The standard InChI is InChI=1S/C15H14F3N5O3.C5H11Br/c16-15(17,18)11-4-2-1-3-10(11)13(25)21-5-7-22(8-6-21)23-14(26)20-12(24)9-19-23;1-5(2)3-4-6/h1-4,9H,5-8H2,(H,20,24,26);5H,3-4H2,1-2H3. The van der Waals surface area contributed by atoms with Crippen LogP contribution in [0.1, 0.15) is 36.2 Å². The average molecular weight is 520 g/mol. The molecule has 1 aromatic heterocycles. The summed E-state index contributed by atoms with van der Waals surface area (Å²) in [6.07, 6.45) is -2.39. The molecule has 3 rings (SSSR count). The van der Waals surface area contributed by atoms with Crippen LogP contribution in [0.2, 0.25) is 0 Å². The summed E-state index contributed by atoms with van der Waals surface area (Å²) in [6, 6.07) is 4.62. The fourth-order valence-electron chi connectivity index (χ4n) is 2.94. The van der Waals surface area contributed by atoms with Crippen molar-refractivity contribution in [3.63, 3.8) is 0 Å². The van der Waals surface area contributed by atoms with Crippen LogP contribution in [0.4, 0.5) is 13.2 Å². The van der Waals surface area contributed by atoms with E-state index in [0.717, 1.165) is 34.4 Å². The maximum Gasteiger partial charge on any atom is 0.417 e. The molecule has 1 aliphatic rings. The van der Waals surface area contributed by atoms with Gasteiger partial charge in [0, 0.05) is 18.4 Å². The lowest BCUT2D eigenvalue weighted by molar-refractivity contribution is -0.138. The van der Waals surface area contributed by atoms with Crippen molar-refractivity contribution >= 4 is 21.8 Å². The molecule has 1 aliphatic heterocycles. The van der Waals surface area contributed by atoms with Crippen LogP contribution in [-0.4, -0.2) is 57.2 Å². The fraction of sp³-hybridized carbons (Fsp3) is 0.500. The van der Waals surface area contributed by atoms with Crippen molar-refractivity contribution in [2.75, 3.05) is 36.5 Å². The Labute approximate surface area is 191 Å². The normalized spacial score (nSPS) is 14.2. The van der Waals surface area contributed by atoms with Crippen molar-refractivity contribution < 1.29 is 18.0 Å². The van der Waals surface area contributed by atoms with Gasteiger partial charge in [-0.15, -0.1) is 4.79 Å². The van der Waals surface area contributed by atoms with Gasteiger partial charge in [0.1, 0.15) is 6.20 Å². The number of H-pyrrole nitrogens is 1. The van der Waals surface area contributed by atoms with Crippen LogP contribution in [0.3, 0.4) is 0 Å². The topological polar surface area (TPSA) is 91.3 Å². The third-order valence-corrected chi connectivity index (χ3v) is 5.11. The van der Waals surface area contributed by atoms with E-state index in [1.807, 2.05) is 0 Å². The number of hydrogen-bond acceptors (Lipinski definition) is 5. The molecule has 2 heterocycles. The third-order valence-electron chi connectivity index (χ3n) is 4.66. The molecule has 0 bridgehead atoms. The zero-order valence-electron chi connectivity index (χ0n) is 17.7. The number of aromatic amines is 1. The Balaban J connectivity index is 0.000000534. The highest BCUT2D eigenvalue weighted by atomic mass is 79.9. The number of carbonyl (C=O) groups excluding carboxylic acids is 1. The Morgan fingerprint density at radius 1 is 1.16 bits per heavy atom. The first kappa shape index (κ1) is 25.6. The summed E-state index contributed by atoms with van der Waals surface area (Å²) < 4.78 is 39.2. The van der Waals surface area contributed by atoms with E-state index < -0.39 is 34.5 Å². The van der Waals surface area contributed by atoms with Crippen LogP contribution < -0.4 is 16.3 Å². The highest BCUT2D eigenvalue weighted by Crippen LogP contribution is 2.32. The first-order chi connectivity index (χ1) is 15.0. The zero-order valence-corrected chi connectivity index (χ0v) is 19.3. The number of nitrogens with zero attached hydrogens (tertiary/aromatic N) is 4. The van der Waals surface area contributed by atoms with Crippen molar-refractivity contribution in [1.82, 2.24) is 19.8 Å². The molecule has 0 saturated carbocycles. The van der Waals surface area contributed by atoms with Crippen molar-refractivity contribution in [2.45, 2.75) is 26.4 Å². The summed E-state index contributed by atoms with van der Waals surface area (Å²) in [7, 11) is 0. The summed E-state index contributed by atoms with van der Waals surface area (Å²) in [5.74, 6) is 0.128. The monoisotopic (exact) mass is 519 g/mol. The third kappa shape index (κ3) is 6.94. The molecule has 32 heavy (non-hydrogen) atoms. The number of rotatable bonds is 4. The first-order valence-electron chi connectivity index (χ1n) is 10.00. The van der Waals surface area contributed by atoms with Crippen molar-refractivity contribution in [3.05, 3.63) is 62.4 Å². The van der Waals surface area contributed by atoms with E-state index in [1.54, 1.807) is 0 Å². The van der Waals surface area contributed by atoms with Gasteiger partial charge in [-0.3, -0.25) is 19.6 Å². The summed E-state index contributed by atoms with van der Waals surface area (Å²) >= 11 is 3.35. The van der Waals surface area contributed by atoms with Crippen LogP contribution in [0, 0.1) is 5.92 Å². The Morgan fingerprint density at radius 3 is 2.28 bits per heavy atom. The van der Waals surface area contributed by atoms with Crippen molar-refractivity contribution in [2.24, 2.45) is 5.92 Å². The predicted molar refractivity (Wildman–Crippen MR) is 118 cm³/mol. The second-order valence-corrected chi connectivity index (χ2v) is 8.28. The number of benzene rings is 1. The number of carbonyl (C=O) groups is 1. The van der Waals surface area contributed by atoms with Gasteiger partial charge in [0.15, 0.2) is 0 Å². The molecular weight excluding hydrogens is 495 g/mol. The second kappa shape index (κ2) is 11.3. The summed E-state index contributed by atoms with van der Waals surface area (Å²) in [4.78, 5) is 39.6. The molecule has 1 saturated heterocycles. The average Bonchev–Trinajstić information content (AvgIpc) is 2.73. The van der Waals surface area contributed by atoms with Crippen molar-refractivity contribution in [1.29, 1.82) is 0 Å². The van der Waals surface area contributed by atoms with Gasteiger partial charge in [-0.2, -0.15) is 18.3 Å². The molecule has 1 N–H and O–H groups in total. The lowest BCUT2D eigenvalue weighted by atomic mass is 10.1. The minimum Gasteiger partial charge on any atom is -0.335 e. The van der Waals surface area contributed by atoms with E-state index in [4.69, 9.17) is 0 Å². The molecule has 176 valence electrons. The molecular formula is C20H25BrF3N5O3. The Hall–Kier alpha value is -2.63. The molecule has 2 aromatic rings. The number of aromatic nitrogens is 3. The SMILES string of the molecule is CC(C)CCBr.O=C(c1ccccc1C(F)(F)F)N1CCN(n2ncc(=O)[nH]c2=O)CC1. The van der Waals surface area contributed by atoms with E-state index in [1.165, 1.54) is 28.5 Å². The quantitative estimate of drug-likeness (QED) is 0.626. The van der Waals surface area contributed by atoms with Gasteiger partial charge in [-0.1, -0.05) is 41.9 Å². The molecule has 0 radical (unpaired) electrons. The predicted octanol–water partition coefficient (Wildman–Crippen LogP) is 2.47. The molecule has 8 nitrogen and oxygen atoms in total. The van der Waals surface area contributed by atoms with Crippen LogP contribution >= 0.6 is 15.9 Å². The van der Waals surface area contributed by atoms with Gasteiger partial charge in [0.2, 0.25) is 0 Å². The summed E-state index contributed by atoms with van der Waals surface area (Å²) in [5.41, 5.74) is -2.75. The molecule has 1 aromatic carbocycles. The smallest absolute Gasteiger partial charge is 0.335 e. The van der Waals surface area contributed by atoms with Crippen LogP contribution in [0.15, 0.2) is 40.1 Å². The second-order valence-electron chi connectivity index (χ2n) is 7.49. The minimum absolute atomic E-state index is 0.109. The lowest BCUT2D eigenvalue weighted by Crippen LogP contribution is -2.57. The van der Waals surface area contributed by atoms with Gasteiger partial charge >= 0.3 is 11.9 Å². The zero-order chi connectivity index (χ0) is 23.9. The highest BCUT2D eigenvalue weighted by Gasteiger charge is 2.36. The Bertz CT molecular complexity index is 1010. The Kier molecular flexibility index (Phi) is 9.05. The summed E-state index contributed by atoms with van der Waals surface area (Å²) in [5, 5.41) is 6.35. The highest BCUT2D eigenvalue weighted by molar-refractivity contribution is 9.09. The molecule has 0 spiro atoms. The molecule has 0 aliphatic carbocycles. The van der Waals surface area contributed by atoms with Gasteiger partial charge in [0.25, 0.3) is 11.5 Å². The maximum absolute atomic E-state index is 13.1. The van der Waals surface area contributed by atoms with Gasteiger partial charge < -0.3 is 4.90 Å². The number of alkyl halides is 4. The van der Waals surface area contributed by atoms with E-state index >= 15 is 0 Å². The molecule has 1 fully saturated rings. The Morgan fingerprint density at radius 2 is 1.78 bits per heavy atom. The molecule has 0 unspecified atom stereocenters. The number of amides is 1. The van der Waals surface area contributed by atoms with Crippen molar-refractivity contribution in [3.8, 4) is 0 Å².